The second-order valence-corrected chi connectivity index (χ2v) is 5.90. The minimum absolute atomic E-state index is 0.373. The van der Waals surface area contributed by atoms with Gasteiger partial charge in [-0.05, 0) is 64.5 Å². The second kappa shape index (κ2) is 5.98. The lowest BCUT2D eigenvalue weighted by atomic mass is 9.95. The molecule has 1 aromatic carbocycles. The van der Waals surface area contributed by atoms with Crippen LogP contribution in [-0.2, 0) is 0 Å². The van der Waals surface area contributed by atoms with Crippen molar-refractivity contribution in [3.05, 3.63) is 36.1 Å². The number of nitrogens with zero attached hydrogens (tertiary/aromatic N) is 1. The van der Waals surface area contributed by atoms with Crippen molar-refractivity contribution in [1.82, 2.24) is 10.2 Å². The Morgan fingerprint density at radius 3 is 2.75 bits per heavy atom. The molecule has 0 bridgehead atoms. The second-order valence-electron chi connectivity index (χ2n) is 5.90. The van der Waals surface area contributed by atoms with E-state index in [1.54, 1.807) is 0 Å². The van der Waals surface area contributed by atoms with Crippen molar-refractivity contribution >= 4 is 11.0 Å². The Hall–Kier alpha value is -1.32. The third-order valence-corrected chi connectivity index (χ3v) is 4.55. The number of nitrogens with one attached hydrogen (secondary N) is 1. The molecule has 1 saturated heterocycles. The van der Waals surface area contributed by atoms with Crippen LogP contribution in [0.25, 0.3) is 11.0 Å². The first-order valence-corrected chi connectivity index (χ1v) is 7.65. The maximum absolute atomic E-state index is 6.00. The fourth-order valence-electron chi connectivity index (χ4n) is 3.22. The molecular formula is C17H24N2O. The number of piperidine rings is 1. The summed E-state index contributed by atoms with van der Waals surface area (Å²) in [6.45, 7) is 5.75. The predicted octanol–water partition coefficient (Wildman–Crippen LogP) is 3.43. The van der Waals surface area contributed by atoms with Gasteiger partial charge in [0.2, 0.25) is 0 Å². The fourth-order valence-corrected chi connectivity index (χ4v) is 3.22. The molecule has 0 saturated carbocycles. The summed E-state index contributed by atoms with van der Waals surface area (Å²) in [5, 5.41) is 4.50. The maximum Gasteiger partial charge on any atom is 0.134 e. The van der Waals surface area contributed by atoms with E-state index in [-0.39, 0.29) is 0 Å². The van der Waals surface area contributed by atoms with Gasteiger partial charge in [-0.15, -0.1) is 0 Å². The van der Waals surface area contributed by atoms with Gasteiger partial charge >= 0.3 is 0 Å². The monoisotopic (exact) mass is 272 g/mol. The lowest BCUT2D eigenvalue weighted by molar-refractivity contribution is 0.129. The summed E-state index contributed by atoms with van der Waals surface area (Å²) in [4.78, 5) is 2.55. The highest BCUT2D eigenvalue weighted by Gasteiger charge is 2.24. The number of benzene rings is 1. The van der Waals surface area contributed by atoms with Gasteiger partial charge < -0.3 is 9.73 Å². The molecule has 1 unspecified atom stereocenters. The minimum Gasteiger partial charge on any atom is -0.459 e. The molecule has 0 aliphatic carbocycles. The number of furan rings is 1. The highest BCUT2D eigenvalue weighted by Crippen LogP contribution is 2.30. The highest BCUT2D eigenvalue weighted by molar-refractivity contribution is 5.77. The predicted molar refractivity (Wildman–Crippen MR) is 82.9 cm³/mol. The SMILES string of the molecule is CNCC1CCN(C(C)c2cc3ccccc3o2)CC1. The zero-order chi connectivity index (χ0) is 13.9. The van der Waals surface area contributed by atoms with Gasteiger partial charge in [-0.2, -0.15) is 0 Å². The summed E-state index contributed by atoms with van der Waals surface area (Å²) in [7, 11) is 2.05. The smallest absolute Gasteiger partial charge is 0.134 e. The number of hydrogen-bond donors (Lipinski definition) is 1. The van der Waals surface area contributed by atoms with Crippen LogP contribution >= 0.6 is 0 Å². The van der Waals surface area contributed by atoms with Crippen LogP contribution in [-0.4, -0.2) is 31.6 Å². The van der Waals surface area contributed by atoms with Crippen LogP contribution in [0.1, 0.15) is 31.6 Å². The van der Waals surface area contributed by atoms with Gasteiger partial charge in [-0.25, -0.2) is 0 Å². The van der Waals surface area contributed by atoms with Crippen LogP contribution in [0.5, 0.6) is 0 Å². The standard InChI is InChI=1S/C17H24N2O/c1-13(19-9-7-14(8-10-19)12-18-2)17-11-15-5-3-4-6-16(15)20-17/h3-6,11,13-14,18H,7-10,12H2,1-2H3. The van der Waals surface area contributed by atoms with Gasteiger partial charge in [0.25, 0.3) is 0 Å². The quantitative estimate of drug-likeness (QED) is 0.924. The van der Waals surface area contributed by atoms with Gasteiger partial charge in [-0.3, -0.25) is 4.90 Å². The van der Waals surface area contributed by atoms with E-state index in [4.69, 9.17) is 4.42 Å². The Morgan fingerprint density at radius 2 is 2.05 bits per heavy atom. The van der Waals surface area contributed by atoms with Crippen molar-refractivity contribution in [2.45, 2.75) is 25.8 Å². The normalized spacial score (nSPS) is 19.5. The Bertz CT molecular complexity index is 522. The summed E-state index contributed by atoms with van der Waals surface area (Å²) >= 11 is 0. The Balaban J connectivity index is 1.68. The molecule has 0 spiro atoms. The molecule has 1 aliphatic rings. The summed E-state index contributed by atoms with van der Waals surface area (Å²) in [6, 6.07) is 10.8. The first kappa shape index (κ1) is 13.7. The van der Waals surface area contributed by atoms with E-state index in [2.05, 4.69) is 35.3 Å². The largest absolute Gasteiger partial charge is 0.459 e. The highest BCUT2D eigenvalue weighted by atomic mass is 16.3. The Morgan fingerprint density at radius 1 is 1.30 bits per heavy atom. The summed E-state index contributed by atoms with van der Waals surface area (Å²) in [6.07, 6.45) is 2.57. The summed E-state index contributed by atoms with van der Waals surface area (Å²) in [5.41, 5.74) is 0.999. The molecule has 0 amide bonds. The molecule has 1 N–H and O–H groups in total. The molecular weight excluding hydrogens is 248 g/mol. The van der Waals surface area contributed by atoms with E-state index >= 15 is 0 Å². The van der Waals surface area contributed by atoms with Crippen molar-refractivity contribution in [2.24, 2.45) is 5.92 Å². The third kappa shape index (κ3) is 2.74. The molecule has 2 aromatic rings. The number of hydrogen-bond acceptors (Lipinski definition) is 3. The molecule has 1 aliphatic heterocycles. The third-order valence-electron chi connectivity index (χ3n) is 4.55. The van der Waals surface area contributed by atoms with Gasteiger partial charge in [0.15, 0.2) is 0 Å². The molecule has 3 rings (SSSR count). The molecule has 0 radical (unpaired) electrons. The van der Waals surface area contributed by atoms with Crippen LogP contribution in [0, 0.1) is 5.92 Å². The van der Waals surface area contributed by atoms with E-state index in [0.717, 1.165) is 23.8 Å². The van der Waals surface area contributed by atoms with E-state index in [1.807, 2.05) is 19.2 Å². The molecule has 1 atom stereocenters. The lowest BCUT2D eigenvalue weighted by Gasteiger charge is -2.35. The van der Waals surface area contributed by atoms with Gasteiger partial charge in [0.1, 0.15) is 11.3 Å². The van der Waals surface area contributed by atoms with Crippen LogP contribution in [0.4, 0.5) is 0 Å². The van der Waals surface area contributed by atoms with Gasteiger partial charge in [0, 0.05) is 5.39 Å². The van der Waals surface area contributed by atoms with E-state index in [1.165, 1.54) is 31.3 Å². The van der Waals surface area contributed by atoms with Crippen molar-refractivity contribution in [2.75, 3.05) is 26.7 Å². The fraction of sp³-hybridized carbons (Fsp3) is 0.529. The molecule has 20 heavy (non-hydrogen) atoms. The molecule has 3 nitrogen and oxygen atoms in total. The lowest BCUT2D eigenvalue weighted by Crippen LogP contribution is -2.38. The average molecular weight is 272 g/mol. The minimum atomic E-state index is 0.373. The van der Waals surface area contributed by atoms with E-state index < -0.39 is 0 Å². The average Bonchev–Trinajstić information content (AvgIpc) is 2.91. The first-order valence-electron chi connectivity index (χ1n) is 7.65. The topological polar surface area (TPSA) is 28.4 Å². The molecule has 2 heterocycles. The van der Waals surface area contributed by atoms with Crippen LogP contribution in [0.15, 0.2) is 34.7 Å². The molecule has 3 heteroatoms. The number of rotatable bonds is 4. The Kier molecular flexibility index (Phi) is 4.08. The van der Waals surface area contributed by atoms with Crippen LogP contribution in [0.3, 0.4) is 0 Å². The molecule has 1 aromatic heterocycles. The van der Waals surface area contributed by atoms with Crippen molar-refractivity contribution in [3.63, 3.8) is 0 Å². The zero-order valence-corrected chi connectivity index (χ0v) is 12.4. The van der Waals surface area contributed by atoms with Crippen molar-refractivity contribution in [3.8, 4) is 0 Å². The Labute approximate surface area is 120 Å². The zero-order valence-electron chi connectivity index (χ0n) is 12.4. The molecule has 108 valence electrons. The van der Waals surface area contributed by atoms with Crippen molar-refractivity contribution < 1.29 is 4.42 Å². The van der Waals surface area contributed by atoms with Crippen LogP contribution in [0.2, 0.25) is 0 Å². The van der Waals surface area contributed by atoms with E-state index in [9.17, 15) is 0 Å². The van der Waals surface area contributed by atoms with Crippen LogP contribution < -0.4 is 5.32 Å². The number of fused-ring (bicyclic) bond motifs is 1. The summed E-state index contributed by atoms with van der Waals surface area (Å²) < 4.78 is 6.00. The van der Waals surface area contributed by atoms with E-state index in [0.29, 0.717) is 6.04 Å². The van der Waals surface area contributed by atoms with Crippen molar-refractivity contribution in [1.29, 1.82) is 0 Å². The number of para-hydroxylation sites is 1. The summed E-state index contributed by atoms with van der Waals surface area (Å²) in [5.74, 6) is 1.93. The van der Waals surface area contributed by atoms with Gasteiger partial charge in [0.05, 0.1) is 6.04 Å². The maximum atomic E-state index is 6.00. The number of likely N-dealkylation sites (tertiary alicyclic amines) is 1. The van der Waals surface area contributed by atoms with Gasteiger partial charge in [-0.1, -0.05) is 18.2 Å². The first-order chi connectivity index (χ1) is 9.78. The molecule has 1 fully saturated rings.